The Morgan fingerprint density at radius 1 is 0.557 bits per heavy atom. The minimum Gasteiger partial charge on any atom is -0.871 e. The van der Waals surface area contributed by atoms with Crippen molar-refractivity contribution in [2.45, 2.75) is 9.79 Å². The molecule has 315 valence electrons. The van der Waals surface area contributed by atoms with Crippen LogP contribution in [0.2, 0.25) is 0 Å². The fourth-order valence-electron chi connectivity index (χ4n) is 5.08. The third-order valence-corrected chi connectivity index (χ3v) is 9.98. The standard InChI is InChI=1S/C17H14N4O13S3.C16H11N3O4.Cr/c22-16-11-4-9(18-7-35(26,27)28)2-1-8(11)3-13(36(29,30)31)15(16)20-19-12-5-10(21(24)25)6-14(17(12)23)37(32,33)34;20-14-8-5-10-3-1-2-4-12(10)16(14)18-17-13-7-6-11(19(22)23)9-15(13)21;/h1-6,18,22-23H,7H2,(H,26,27,28)(H,29,30,31)(H,32,33,34);1-9,20-21H;/q;;+3/p-3. The fourth-order valence-corrected chi connectivity index (χ4v) is 6.66. The molecule has 1 radical (unpaired) electrons. The number of rotatable bonds is 11. The van der Waals surface area contributed by atoms with E-state index in [1.54, 1.807) is 18.2 Å². The van der Waals surface area contributed by atoms with Crippen LogP contribution < -0.4 is 25.7 Å². The van der Waals surface area contributed by atoms with Gasteiger partial charge in [-0.1, -0.05) is 65.5 Å². The zero-order valence-corrected chi connectivity index (χ0v) is 33.3. The van der Waals surface area contributed by atoms with Crippen LogP contribution in [0, 0.1) is 20.2 Å². The van der Waals surface area contributed by atoms with E-state index in [1.165, 1.54) is 12.1 Å². The van der Waals surface area contributed by atoms with E-state index in [1.807, 2.05) is 12.1 Å². The topological polar surface area (TPSA) is 412 Å². The largest absolute Gasteiger partial charge is 3.00 e. The minimum absolute atomic E-state index is 0. The molecule has 0 spiro atoms. The first-order chi connectivity index (χ1) is 27.9. The van der Waals surface area contributed by atoms with Gasteiger partial charge in [0.1, 0.15) is 36.2 Å². The van der Waals surface area contributed by atoms with Gasteiger partial charge in [0.15, 0.2) is 0 Å². The maximum atomic E-state index is 13.0. The summed E-state index contributed by atoms with van der Waals surface area (Å²) in [7, 11) is -15.7. The van der Waals surface area contributed by atoms with E-state index in [2.05, 4.69) is 25.8 Å². The van der Waals surface area contributed by atoms with E-state index in [9.17, 15) is 79.6 Å². The van der Waals surface area contributed by atoms with Gasteiger partial charge in [0.2, 0.25) is 0 Å². The molecule has 0 aromatic heterocycles. The van der Waals surface area contributed by atoms with Crippen LogP contribution in [0.5, 0.6) is 23.0 Å². The Labute approximate surface area is 358 Å². The second kappa shape index (κ2) is 18.2. The van der Waals surface area contributed by atoms with Crippen LogP contribution in [-0.2, 0) is 47.7 Å². The Bertz CT molecular complexity index is 3170. The number of hydrogen-bond donors (Lipinski definition) is 1. The van der Waals surface area contributed by atoms with Gasteiger partial charge in [-0.05, 0) is 40.4 Å². The molecule has 61 heavy (non-hydrogen) atoms. The number of nitrogens with zero attached hydrogens (tertiary/aromatic N) is 6. The molecule has 24 nitrogen and oxygen atoms in total. The smallest absolute Gasteiger partial charge is 0.871 e. The molecule has 6 rings (SSSR count). The quantitative estimate of drug-likeness (QED) is 0.0835. The third kappa shape index (κ3) is 11.2. The van der Waals surface area contributed by atoms with E-state index in [4.69, 9.17) is 0 Å². The van der Waals surface area contributed by atoms with Gasteiger partial charge < -0.3 is 39.4 Å². The summed E-state index contributed by atoms with van der Waals surface area (Å²) in [4.78, 5) is 17.0. The molecule has 0 saturated heterocycles. The number of nitro groups is 2. The average molecular weight is 937 g/mol. The molecule has 0 amide bonds. The second-order valence-electron chi connectivity index (χ2n) is 11.8. The van der Waals surface area contributed by atoms with Crippen LogP contribution in [0.3, 0.4) is 0 Å². The molecule has 6 aromatic rings. The molecular formula is C33H22CrN7O17S3. The van der Waals surface area contributed by atoms with Crippen molar-refractivity contribution < 1.29 is 92.3 Å². The summed E-state index contributed by atoms with van der Waals surface area (Å²) in [6.45, 7) is 0. The molecule has 0 aliphatic heterocycles. The fraction of sp³-hybridized carbons (Fsp3) is 0.0303. The molecule has 1 N–H and O–H groups in total. The van der Waals surface area contributed by atoms with Gasteiger partial charge in [-0.25, -0.2) is 25.3 Å². The van der Waals surface area contributed by atoms with Crippen molar-refractivity contribution in [3.63, 3.8) is 0 Å². The molecule has 0 unspecified atom stereocenters. The Morgan fingerprint density at radius 3 is 1.77 bits per heavy atom. The van der Waals surface area contributed by atoms with Gasteiger partial charge in [-0.3, -0.25) is 20.2 Å². The third-order valence-electron chi connectivity index (χ3n) is 7.79. The number of hydrogen-bond acceptors (Lipinski definition) is 22. The predicted molar refractivity (Wildman–Crippen MR) is 199 cm³/mol. The molecule has 0 heterocycles. The number of nitro benzene ring substituents is 2. The van der Waals surface area contributed by atoms with Crippen molar-refractivity contribution in [1.82, 2.24) is 0 Å². The van der Waals surface area contributed by atoms with Crippen molar-refractivity contribution in [3.05, 3.63) is 111 Å². The van der Waals surface area contributed by atoms with Crippen LogP contribution in [0.1, 0.15) is 5.71 Å². The Hall–Kier alpha value is -6.90. The summed E-state index contributed by atoms with van der Waals surface area (Å²) in [5.41, 5.74) is -3.76. The SMILES string of the molecule is O=[N+]([O-])c1cc(N=Nc2c(S(=O)(=O)[O-])cc3ccc(NCS(=O)(=O)[O-])cc3c2[O-])c([O-])c(S(=O)(=O)[O-])c1.O=[N+]([O-])c1ccc(N=Nc2c([O-])ccc3ccccc23)c([O-])c1.[Cr+3].[H+].[H+].[H+].[H+]. The zero-order valence-electron chi connectivity index (χ0n) is 33.6. The first-order valence-electron chi connectivity index (χ1n) is 15.8. The Kier molecular flexibility index (Phi) is 13.9. The van der Waals surface area contributed by atoms with E-state index < -0.39 is 90.2 Å². The van der Waals surface area contributed by atoms with Crippen LogP contribution in [0.25, 0.3) is 21.5 Å². The predicted octanol–water partition coefficient (Wildman–Crippen LogP) is 3.79. The molecule has 0 saturated carbocycles. The molecule has 28 heteroatoms. The maximum absolute atomic E-state index is 13.0. The summed E-state index contributed by atoms with van der Waals surface area (Å²) >= 11 is 0. The normalized spacial score (nSPS) is 11.9. The Balaban J connectivity index is 0.00000127. The number of benzene rings is 6. The van der Waals surface area contributed by atoms with Crippen molar-refractivity contribution in [2.75, 3.05) is 11.2 Å². The Morgan fingerprint density at radius 2 is 1.16 bits per heavy atom. The summed E-state index contributed by atoms with van der Waals surface area (Å²) in [5.74, 6) is -4.97. The van der Waals surface area contributed by atoms with Crippen LogP contribution in [-0.4, -0.2) is 54.6 Å². The minimum atomic E-state index is -5.53. The van der Waals surface area contributed by atoms with Crippen molar-refractivity contribution in [3.8, 4) is 23.0 Å². The zero-order chi connectivity index (χ0) is 44.3. The number of non-ortho nitro benzene ring substituents is 2. The van der Waals surface area contributed by atoms with Gasteiger partial charge in [0, 0.05) is 35.3 Å². The van der Waals surface area contributed by atoms with Crippen LogP contribution in [0.15, 0.2) is 121 Å². The number of azo groups is 2. The molecule has 0 aliphatic carbocycles. The molecule has 6 aromatic carbocycles. The van der Waals surface area contributed by atoms with E-state index in [0.29, 0.717) is 17.5 Å². The van der Waals surface area contributed by atoms with Crippen molar-refractivity contribution in [2.24, 2.45) is 20.5 Å². The molecule has 0 aliphatic rings. The average Bonchev–Trinajstić information content (AvgIpc) is 3.16. The monoisotopic (exact) mass is 936 g/mol. The molecule has 0 fully saturated rings. The number of nitrogens with one attached hydrogen (secondary N) is 1. The van der Waals surface area contributed by atoms with Crippen LogP contribution in [0.4, 0.5) is 39.8 Å². The first kappa shape index (κ1) is 46.8. The van der Waals surface area contributed by atoms with Gasteiger partial charge in [-0.15, -0.1) is 5.11 Å². The van der Waals surface area contributed by atoms with Crippen molar-refractivity contribution >= 4 is 91.7 Å². The van der Waals surface area contributed by atoms with E-state index in [-0.39, 0.29) is 68.4 Å². The van der Waals surface area contributed by atoms with E-state index in [0.717, 1.165) is 35.7 Å². The number of fused-ring (bicyclic) bond motifs is 2. The molecule has 0 bridgehead atoms. The number of anilines is 1. The summed E-state index contributed by atoms with van der Waals surface area (Å²) < 4.78 is 102. The maximum Gasteiger partial charge on any atom is 3.00 e. The molecular weight excluding hydrogens is 915 g/mol. The van der Waals surface area contributed by atoms with Gasteiger partial charge in [-0.2, -0.15) is 15.3 Å². The molecule has 0 atom stereocenters. The van der Waals surface area contributed by atoms with Crippen molar-refractivity contribution in [1.29, 1.82) is 0 Å². The van der Waals surface area contributed by atoms with Gasteiger partial charge in [0.25, 0.3) is 11.4 Å². The van der Waals surface area contributed by atoms with Crippen LogP contribution >= 0.6 is 0 Å². The summed E-state index contributed by atoms with van der Waals surface area (Å²) in [5, 5.41) is 87.9. The van der Waals surface area contributed by atoms with E-state index >= 15 is 0 Å². The van der Waals surface area contributed by atoms with Gasteiger partial charge in [0.05, 0.1) is 42.4 Å². The first-order valence-corrected chi connectivity index (χ1v) is 20.2. The summed E-state index contributed by atoms with van der Waals surface area (Å²) in [6.07, 6.45) is 0. The summed E-state index contributed by atoms with van der Waals surface area (Å²) in [6, 6.07) is 18.0. The second-order valence-corrected chi connectivity index (χ2v) is 15.9. The van der Waals surface area contributed by atoms with Gasteiger partial charge >= 0.3 is 23.1 Å².